The molecule has 8 nitrogen and oxygen atoms in total. The van der Waals surface area contributed by atoms with Crippen molar-refractivity contribution in [3.05, 3.63) is 41.1 Å². The van der Waals surface area contributed by atoms with E-state index < -0.39 is 10.0 Å². The average molecular weight is 413 g/mol. The summed E-state index contributed by atoms with van der Waals surface area (Å²) in [7, 11) is 0.0336. The Labute approximate surface area is 171 Å². The highest BCUT2D eigenvalue weighted by atomic mass is 32.2. The molecule has 1 saturated heterocycles. The van der Waals surface area contributed by atoms with Crippen molar-refractivity contribution in [1.82, 2.24) is 14.3 Å². The Kier molecular flexibility index (Phi) is 5.15. The van der Waals surface area contributed by atoms with Gasteiger partial charge in [-0.3, -0.25) is 0 Å². The van der Waals surface area contributed by atoms with Crippen molar-refractivity contribution in [1.29, 1.82) is 5.26 Å². The molecule has 152 valence electrons. The average Bonchev–Trinajstić information content (AvgIpc) is 3.27. The topological polar surface area (TPSA) is 93.4 Å². The van der Waals surface area contributed by atoms with Gasteiger partial charge >= 0.3 is 0 Å². The predicted octanol–water partition coefficient (Wildman–Crippen LogP) is 1.76. The van der Waals surface area contributed by atoms with Gasteiger partial charge in [0.15, 0.2) is 0 Å². The largest absolute Gasteiger partial charge is 0.362 e. The molecule has 29 heavy (non-hydrogen) atoms. The van der Waals surface area contributed by atoms with E-state index in [1.54, 1.807) is 12.1 Å². The first-order valence-electron chi connectivity index (χ1n) is 9.73. The van der Waals surface area contributed by atoms with Gasteiger partial charge in [-0.05, 0) is 25.0 Å². The summed E-state index contributed by atoms with van der Waals surface area (Å²) in [6.45, 7) is 2.44. The number of nitriles is 1. The molecule has 0 spiro atoms. The van der Waals surface area contributed by atoms with Crippen molar-refractivity contribution in [2.24, 2.45) is 0 Å². The normalized spacial score (nSPS) is 17.1. The molecule has 0 amide bonds. The van der Waals surface area contributed by atoms with Crippen molar-refractivity contribution in [3.8, 4) is 6.07 Å². The molecule has 0 atom stereocenters. The van der Waals surface area contributed by atoms with Crippen molar-refractivity contribution < 1.29 is 8.42 Å². The SMILES string of the molecule is CN(C)c1nc(N2CCCC2)nc2c1CN(S(=O)(=O)c1ccccc1C#N)CC2. The molecule has 0 bridgehead atoms. The lowest BCUT2D eigenvalue weighted by Gasteiger charge is -2.31. The second-order valence-electron chi connectivity index (χ2n) is 7.56. The summed E-state index contributed by atoms with van der Waals surface area (Å²) in [5, 5.41) is 9.32. The van der Waals surface area contributed by atoms with Gasteiger partial charge in [0.1, 0.15) is 11.9 Å². The molecule has 2 aliphatic heterocycles. The minimum absolute atomic E-state index is 0.0481. The third-order valence-corrected chi connectivity index (χ3v) is 7.33. The molecule has 2 aromatic rings. The van der Waals surface area contributed by atoms with Crippen molar-refractivity contribution in [2.45, 2.75) is 30.7 Å². The molecule has 9 heteroatoms. The third-order valence-electron chi connectivity index (χ3n) is 5.43. The Balaban J connectivity index is 1.72. The number of sulfonamides is 1. The van der Waals surface area contributed by atoms with Gasteiger partial charge in [0, 0.05) is 52.3 Å². The van der Waals surface area contributed by atoms with E-state index >= 15 is 0 Å². The van der Waals surface area contributed by atoms with E-state index in [1.807, 2.05) is 25.1 Å². The molecule has 0 N–H and O–H groups in total. The molecular formula is C20H24N6O2S. The maximum Gasteiger partial charge on any atom is 0.244 e. The maximum absolute atomic E-state index is 13.2. The molecule has 0 saturated carbocycles. The first kappa shape index (κ1) is 19.6. The Morgan fingerprint density at radius 2 is 1.83 bits per heavy atom. The minimum atomic E-state index is -3.79. The molecule has 1 aromatic carbocycles. The minimum Gasteiger partial charge on any atom is -0.362 e. The Morgan fingerprint density at radius 1 is 1.10 bits per heavy atom. The van der Waals surface area contributed by atoms with Crippen LogP contribution in [0.2, 0.25) is 0 Å². The number of rotatable bonds is 4. The van der Waals surface area contributed by atoms with Gasteiger partial charge in [-0.1, -0.05) is 12.1 Å². The lowest BCUT2D eigenvalue weighted by molar-refractivity contribution is 0.387. The molecular weight excluding hydrogens is 388 g/mol. The van der Waals surface area contributed by atoms with Gasteiger partial charge in [-0.25, -0.2) is 13.4 Å². The number of nitrogens with zero attached hydrogens (tertiary/aromatic N) is 6. The summed E-state index contributed by atoms with van der Waals surface area (Å²) < 4.78 is 27.9. The van der Waals surface area contributed by atoms with E-state index in [-0.39, 0.29) is 17.0 Å². The smallest absolute Gasteiger partial charge is 0.244 e. The Hall–Kier alpha value is -2.70. The second kappa shape index (κ2) is 7.61. The fraction of sp³-hybridized carbons (Fsp3) is 0.450. The summed E-state index contributed by atoms with van der Waals surface area (Å²) in [4.78, 5) is 13.7. The highest BCUT2D eigenvalue weighted by molar-refractivity contribution is 7.89. The number of anilines is 2. The lowest BCUT2D eigenvalue weighted by Crippen LogP contribution is -2.38. The van der Waals surface area contributed by atoms with E-state index in [4.69, 9.17) is 9.97 Å². The van der Waals surface area contributed by atoms with Crippen LogP contribution in [0.25, 0.3) is 0 Å². The van der Waals surface area contributed by atoms with Gasteiger partial charge in [0.05, 0.1) is 16.2 Å². The second-order valence-corrected chi connectivity index (χ2v) is 9.46. The number of aromatic nitrogens is 2. The van der Waals surface area contributed by atoms with E-state index in [0.29, 0.717) is 13.0 Å². The molecule has 4 rings (SSSR count). The van der Waals surface area contributed by atoms with Crippen LogP contribution in [-0.2, 0) is 23.0 Å². The van der Waals surface area contributed by atoms with E-state index in [0.717, 1.165) is 49.0 Å². The zero-order chi connectivity index (χ0) is 20.6. The molecule has 0 unspecified atom stereocenters. The monoisotopic (exact) mass is 412 g/mol. The van der Waals surface area contributed by atoms with Crippen molar-refractivity contribution >= 4 is 21.8 Å². The van der Waals surface area contributed by atoms with Crippen LogP contribution in [0.5, 0.6) is 0 Å². The van der Waals surface area contributed by atoms with Gasteiger partial charge in [-0.15, -0.1) is 0 Å². The van der Waals surface area contributed by atoms with Crippen LogP contribution in [-0.4, -0.2) is 56.4 Å². The summed E-state index contributed by atoms with van der Waals surface area (Å²) in [5.41, 5.74) is 1.90. The summed E-state index contributed by atoms with van der Waals surface area (Å²) in [5.74, 6) is 1.49. The fourth-order valence-electron chi connectivity index (χ4n) is 3.92. The van der Waals surface area contributed by atoms with E-state index in [1.165, 1.54) is 16.4 Å². The first-order chi connectivity index (χ1) is 13.9. The standard InChI is InChI=1S/C20H24N6O2S/c1-24(2)19-16-14-26(29(27,28)18-8-4-3-7-15(18)13-21)12-9-17(16)22-20(23-19)25-10-5-6-11-25/h3-4,7-8H,5-6,9-12,14H2,1-2H3. The maximum atomic E-state index is 13.2. The molecule has 0 radical (unpaired) electrons. The van der Waals surface area contributed by atoms with Crippen molar-refractivity contribution in [2.75, 3.05) is 43.5 Å². The van der Waals surface area contributed by atoms with E-state index in [9.17, 15) is 13.7 Å². The molecule has 3 heterocycles. The highest BCUT2D eigenvalue weighted by Crippen LogP contribution is 2.32. The van der Waals surface area contributed by atoms with Crippen LogP contribution in [0.4, 0.5) is 11.8 Å². The molecule has 1 aromatic heterocycles. The predicted molar refractivity (Wildman–Crippen MR) is 110 cm³/mol. The molecule has 2 aliphatic rings. The molecule has 0 aliphatic carbocycles. The van der Waals surface area contributed by atoms with Crippen LogP contribution in [0.3, 0.4) is 0 Å². The van der Waals surface area contributed by atoms with E-state index in [2.05, 4.69) is 4.90 Å². The summed E-state index contributed by atoms with van der Waals surface area (Å²) in [6, 6.07) is 8.31. The lowest BCUT2D eigenvalue weighted by atomic mass is 10.1. The highest BCUT2D eigenvalue weighted by Gasteiger charge is 2.33. The van der Waals surface area contributed by atoms with Crippen molar-refractivity contribution in [3.63, 3.8) is 0 Å². The fourth-order valence-corrected chi connectivity index (χ4v) is 5.47. The quantitative estimate of drug-likeness (QED) is 0.755. The van der Waals surface area contributed by atoms with Gasteiger partial charge < -0.3 is 9.80 Å². The number of benzene rings is 1. The zero-order valence-corrected chi connectivity index (χ0v) is 17.5. The first-order valence-corrected chi connectivity index (χ1v) is 11.2. The van der Waals surface area contributed by atoms with Gasteiger partial charge in [0.2, 0.25) is 16.0 Å². The van der Waals surface area contributed by atoms with Crippen LogP contribution in [0, 0.1) is 11.3 Å². The zero-order valence-electron chi connectivity index (χ0n) is 16.7. The van der Waals surface area contributed by atoms with Crippen LogP contribution >= 0.6 is 0 Å². The Morgan fingerprint density at radius 3 is 2.52 bits per heavy atom. The van der Waals surface area contributed by atoms with Crippen LogP contribution < -0.4 is 9.80 Å². The third kappa shape index (κ3) is 3.54. The number of hydrogen-bond acceptors (Lipinski definition) is 7. The van der Waals surface area contributed by atoms with Gasteiger partial charge in [0.25, 0.3) is 0 Å². The number of hydrogen-bond donors (Lipinski definition) is 0. The summed E-state index contributed by atoms with van der Waals surface area (Å²) >= 11 is 0. The summed E-state index contributed by atoms with van der Waals surface area (Å²) in [6.07, 6.45) is 2.80. The van der Waals surface area contributed by atoms with Crippen LogP contribution in [0.15, 0.2) is 29.2 Å². The molecule has 1 fully saturated rings. The Bertz CT molecular complexity index is 1070. The van der Waals surface area contributed by atoms with Gasteiger partial charge in [-0.2, -0.15) is 14.6 Å². The van der Waals surface area contributed by atoms with Crippen LogP contribution in [0.1, 0.15) is 29.7 Å². The number of fused-ring (bicyclic) bond motifs is 1.